The molecule has 0 fully saturated rings. The molecule has 0 saturated heterocycles. The van der Waals surface area contributed by atoms with E-state index in [0.29, 0.717) is 17.1 Å². The van der Waals surface area contributed by atoms with Gasteiger partial charge in [-0.1, -0.05) is 18.2 Å². The van der Waals surface area contributed by atoms with Crippen molar-refractivity contribution in [3.8, 4) is 5.75 Å². The van der Waals surface area contributed by atoms with E-state index in [-0.39, 0.29) is 23.0 Å². The first-order valence-corrected chi connectivity index (χ1v) is 9.72. The van der Waals surface area contributed by atoms with E-state index in [1.807, 2.05) is 0 Å². The van der Waals surface area contributed by atoms with E-state index in [4.69, 9.17) is 4.74 Å². The number of ether oxygens (including phenoxy) is 1. The second kappa shape index (κ2) is 8.46. The van der Waals surface area contributed by atoms with Gasteiger partial charge in [-0.25, -0.2) is 21.9 Å². The zero-order chi connectivity index (χ0) is 17.6. The molecule has 0 bridgehead atoms. The molecule has 2 aromatic rings. The molecular weight excluding hydrogens is 356 g/mol. The summed E-state index contributed by atoms with van der Waals surface area (Å²) >= 11 is 1.40. The van der Waals surface area contributed by atoms with Gasteiger partial charge < -0.3 is 4.74 Å². The van der Waals surface area contributed by atoms with Crippen LogP contribution in [0.4, 0.5) is 8.78 Å². The minimum atomic E-state index is -3.79. The minimum Gasteiger partial charge on any atom is -0.494 e. The van der Waals surface area contributed by atoms with Crippen LogP contribution in [0.2, 0.25) is 0 Å². The molecule has 0 aliphatic heterocycles. The first-order chi connectivity index (χ1) is 11.4. The van der Waals surface area contributed by atoms with E-state index in [0.717, 1.165) is 6.07 Å². The van der Waals surface area contributed by atoms with Crippen molar-refractivity contribution >= 4 is 21.8 Å². The van der Waals surface area contributed by atoms with Gasteiger partial charge in [0.1, 0.15) is 5.82 Å². The standard InChI is InChI=1S/C16H17F2NO3S2/c1-22-16-7-6-13(10-15(16)18)24(20,21)19-8-9-23-11-12-4-2-3-5-14(12)17/h2-7,10,19H,8-9,11H2,1H3. The quantitative estimate of drug-likeness (QED) is 0.722. The van der Waals surface area contributed by atoms with Gasteiger partial charge in [-0.05, 0) is 29.8 Å². The van der Waals surface area contributed by atoms with Crippen LogP contribution in [0.1, 0.15) is 5.56 Å². The van der Waals surface area contributed by atoms with Crippen LogP contribution in [0.25, 0.3) is 0 Å². The molecule has 0 amide bonds. The summed E-state index contributed by atoms with van der Waals surface area (Å²) in [5.74, 6) is -0.124. The minimum absolute atomic E-state index is 0.0191. The van der Waals surface area contributed by atoms with Crippen molar-refractivity contribution in [1.29, 1.82) is 0 Å². The van der Waals surface area contributed by atoms with Gasteiger partial charge in [0, 0.05) is 18.1 Å². The maximum atomic E-state index is 13.6. The predicted molar refractivity (Wildman–Crippen MR) is 90.7 cm³/mol. The molecule has 0 heterocycles. The summed E-state index contributed by atoms with van der Waals surface area (Å²) in [6.45, 7) is 0.162. The number of rotatable bonds is 8. The van der Waals surface area contributed by atoms with Crippen LogP contribution in [0.15, 0.2) is 47.4 Å². The second-order valence-corrected chi connectivity index (χ2v) is 7.71. The maximum absolute atomic E-state index is 13.6. The monoisotopic (exact) mass is 373 g/mol. The highest BCUT2D eigenvalue weighted by molar-refractivity contribution is 7.98. The van der Waals surface area contributed by atoms with Gasteiger partial charge in [0.25, 0.3) is 0 Å². The fraction of sp³-hybridized carbons (Fsp3) is 0.250. The normalized spacial score (nSPS) is 11.5. The average Bonchev–Trinajstić information content (AvgIpc) is 2.56. The summed E-state index contributed by atoms with van der Waals surface area (Å²) in [5, 5.41) is 0. The van der Waals surface area contributed by atoms with Gasteiger partial charge in [0.15, 0.2) is 11.6 Å². The van der Waals surface area contributed by atoms with Crippen molar-refractivity contribution in [2.24, 2.45) is 0 Å². The van der Waals surface area contributed by atoms with Gasteiger partial charge in [-0.3, -0.25) is 0 Å². The van der Waals surface area contributed by atoms with Crippen LogP contribution in [-0.4, -0.2) is 27.8 Å². The highest BCUT2D eigenvalue weighted by atomic mass is 32.2. The van der Waals surface area contributed by atoms with Gasteiger partial charge in [-0.2, -0.15) is 11.8 Å². The molecule has 0 unspecified atom stereocenters. The lowest BCUT2D eigenvalue weighted by atomic mass is 10.2. The molecule has 8 heteroatoms. The Hall–Kier alpha value is -1.64. The number of hydrogen-bond acceptors (Lipinski definition) is 4. The number of hydrogen-bond donors (Lipinski definition) is 1. The fourth-order valence-corrected chi connectivity index (χ4v) is 3.96. The molecule has 1 N–H and O–H groups in total. The van der Waals surface area contributed by atoms with Crippen LogP contribution >= 0.6 is 11.8 Å². The number of benzene rings is 2. The number of nitrogens with one attached hydrogen (secondary N) is 1. The predicted octanol–water partition coefficient (Wildman–Crippen LogP) is 3.19. The van der Waals surface area contributed by atoms with E-state index in [1.54, 1.807) is 18.2 Å². The van der Waals surface area contributed by atoms with Gasteiger partial charge >= 0.3 is 0 Å². The summed E-state index contributed by atoms with van der Waals surface area (Å²) in [5.41, 5.74) is 0.572. The summed E-state index contributed by atoms with van der Waals surface area (Å²) in [7, 11) is -2.49. The first-order valence-electron chi connectivity index (χ1n) is 7.08. The van der Waals surface area contributed by atoms with E-state index >= 15 is 0 Å². The summed E-state index contributed by atoms with van der Waals surface area (Å²) < 4.78 is 58.3. The number of sulfonamides is 1. The lowest BCUT2D eigenvalue weighted by Crippen LogP contribution is -2.26. The van der Waals surface area contributed by atoms with E-state index in [1.165, 1.54) is 37.1 Å². The fourth-order valence-electron chi connectivity index (χ4n) is 1.94. The zero-order valence-electron chi connectivity index (χ0n) is 13.0. The van der Waals surface area contributed by atoms with Crippen molar-refractivity contribution in [1.82, 2.24) is 4.72 Å². The molecule has 0 aromatic heterocycles. The molecule has 0 saturated carbocycles. The van der Waals surface area contributed by atoms with Crippen LogP contribution in [0, 0.1) is 11.6 Å². The van der Waals surface area contributed by atoms with Gasteiger partial charge in [0.05, 0.1) is 12.0 Å². The number of thioether (sulfide) groups is 1. The molecule has 2 aromatic carbocycles. The highest BCUT2D eigenvalue weighted by Crippen LogP contribution is 2.20. The Kier molecular flexibility index (Phi) is 6.59. The third-order valence-electron chi connectivity index (χ3n) is 3.19. The van der Waals surface area contributed by atoms with Crippen molar-refractivity contribution < 1.29 is 21.9 Å². The molecule has 0 spiro atoms. The Morgan fingerprint density at radius 2 is 1.88 bits per heavy atom. The molecule has 0 aliphatic rings. The molecule has 0 atom stereocenters. The van der Waals surface area contributed by atoms with E-state index in [2.05, 4.69) is 4.72 Å². The topological polar surface area (TPSA) is 55.4 Å². The molecular formula is C16H17F2NO3S2. The smallest absolute Gasteiger partial charge is 0.240 e. The molecule has 4 nitrogen and oxygen atoms in total. The van der Waals surface area contributed by atoms with Crippen LogP contribution in [0.5, 0.6) is 5.75 Å². The van der Waals surface area contributed by atoms with E-state index in [9.17, 15) is 17.2 Å². The van der Waals surface area contributed by atoms with Gasteiger partial charge in [0.2, 0.25) is 10.0 Å². The van der Waals surface area contributed by atoms with Crippen LogP contribution in [-0.2, 0) is 15.8 Å². The van der Waals surface area contributed by atoms with Crippen molar-refractivity contribution in [3.63, 3.8) is 0 Å². The number of methoxy groups -OCH3 is 1. The molecule has 0 aliphatic carbocycles. The largest absolute Gasteiger partial charge is 0.494 e. The summed E-state index contributed by atoms with van der Waals surface area (Å²) in [4.78, 5) is -0.167. The highest BCUT2D eigenvalue weighted by Gasteiger charge is 2.16. The maximum Gasteiger partial charge on any atom is 0.240 e. The Bertz CT molecular complexity index is 798. The summed E-state index contributed by atoms with van der Waals surface area (Å²) in [6, 6.07) is 9.89. The molecule has 24 heavy (non-hydrogen) atoms. The van der Waals surface area contributed by atoms with E-state index < -0.39 is 15.8 Å². The summed E-state index contributed by atoms with van der Waals surface area (Å²) in [6.07, 6.45) is 0. The first kappa shape index (κ1) is 18.7. The van der Waals surface area contributed by atoms with Gasteiger partial charge in [-0.15, -0.1) is 0 Å². The van der Waals surface area contributed by atoms with Crippen LogP contribution in [0.3, 0.4) is 0 Å². The lowest BCUT2D eigenvalue weighted by molar-refractivity contribution is 0.385. The molecule has 2 rings (SSSR count). The third kappa shape index (κ3) is 4.93. The Labute approximate surface area is 144 Å². The Morgan fingerprint density at radius 3 is 2.54 bits per heavy atom. The number of halogens is 2. The zero-order valence-corrected chi connectivity index (χ0v) is 14.6. The van der Waals surface area contributed by atoms with Crippen molar-refractivity contribution in [2.45, 2.75) is 10.6 Å². The lowest BCUT2D eigenvalue weighted by Gasteiger charge is -2.08. The second-order valence-electron chi connectivity index (χ2n) is 4.84. The van der Waals surface area contributed by atoms with Crippen molar-refractivity contribution in [3.05, 3.63) is 59.7 Å². The third-order valence-corrected chi connectivity index (χ3v) is 5.65. The van der Waals surface area contributed by atoms with Crippen LogP contribution < -0.4 is 9.46 Å². The molecule has 130 valence electrons. The molecule has 0 radical (unpaired) electrons. The Morgan fingerprint density at radius 1 is 1.12 bits per heavy atom. The van der Waals surface area contributed by atoms with Crippen molar-refractivity contribution in [2.75, 3.05) is 19.4 Å². The average molecular weight is 373 g/mol. The Balaban J connectivity index is 1.85. The SMILES string of the molecule is COc1ccc(S(=O)(=O)NCCSCc2ccccc2F)cc1F.